The highest BCUT2D eigenvalue weighted by molar-refractivity contribution is 5.83. The topological polar surface area (TPSA) is 146 Å². The molecule has 4 rings (SSSR count). The molecule has 0 saturated heterocycles. The molecule has 0 fully saturated rings. The van der Waals surface area contributed by atoms with Crippen molar-refractivity contribution in [3.8, 4) is 0 Å². The normalized spacial score (nSPS) is 12.2. The van der Waals surface area contributed by atoms with E-state index >= 15 is 0 Å². The van der Waals surface area contributed by atoms with E-state index in [0.29, 0.717) is 16.9 Å². The van der Waals surface area contributed by atoms with Crippen molar-refractivity contribution in [3.05, 3.63) is 35.3 Å². The summed E-state index contributed by atoms with van der Waals surface area (Å²) in [7, 11) is 0. The number of nitrogens with zero attached hydrogens (tertiary/aromatic N) is 6. The molecule has 0 unspecified atom stereocenters. The van der Waals surface area contributed by atoms with E-state index in [1.54, 1.807) is 24.9 Å². The van der Waals surface area contributed by atoms with E-state index < -0.39 is 0 Å². The lowest BCUT2D eigenvalue weighted by atomic mass is 10.1. The minimum absolute atomic E-state index is 0.0183. The zero-order valence-corrected chi connectivity index (χ0v) is 17.6. The van der Waals surface area contributed by atoms with Gasteiger partial charge in [-0.1, -0.05) is 0 Å². The number of pyridine rings is 1. The standard InChI is InChI=1S/C10H14N4.C9H13N5O/c1-10(2,3)14-6-13-8-7(11)4-5-12-9(8)14;1-9(2,3)14-4-11-5-6(14)12-8(10)13-7(5)15/h4-6H,1-3H3,(H2,11,12);4H,1-3H3,(H3,10,12,13,15). The van der Waals surface area contributed by atoms with Gasteiger partial charge < -0.3 is 20.6 Å². The number of anilines is 2. The molecule has 0 spiro atoms. The summed E-state index contributed by atoms with van der Waals surface area (Å²) in [5, 5.41) is 0. The molecule has 4 heterocycles. The maximum Gasteiger partial charge on any atom is 0.280 e. The molecular weight excluding hydrogens is 370 g/mol. The van der Waals surface area contributed by atoms with Gasteiger partial charge in [-0.05, 0) is 47.6 Å². The van der Waals surface area contributed by atoms with Gasteiger partial charge in [0.05, 0.1) is 18.3 Å². The quantitative estimate of drug-likeness (QED) is 0.412. The molecule has 0 atom stereocenters. The molecule has 0 aliphatic heterocycles. The minimum atomic E-state index is -0.305. The summed E-state index contributed by atoms with van der Waals surface area (Å²) < 4.78 is 3.85. The number of hydrogen-bond donors (Lipinski definition) is 3. The van der Waals surface area contributed by atoms with Gasteiger partial charge in [0.2, 0.25) is 5.95 Å². The van der Waals surface area contributed by atoms with Crippen molar-refractivity contribution in [3.63, 3.8) is 0 Å². The number of aromatic amines is 1. The van der Waals surface area contributed by atoms with Crippen LogP contribution in [-0.2, 0) is 11.1 Å². The molecule has 0 bridgehead atoms. The lowest BCUT2D eigenvalue weighted by molar-refractivity contribution is 0.405. The van der Waals surface area contributed by atoms with Crippen LogP contribution >= 0.6 is 0 Å². The van der Waals surface area contributed by atoms with Crippen LogP contribution in [0.1, 0.15) is 41.5 Å². The fourth-order valence-corrected chi connectivity index (χ4v) is 2.84. The monoisotopic (exact) mass is 397 g/mol. The minimum Gasteiger partial charge on any atom is -0.397 e. The first-order chi connectivity index (χ1) is 13.4. The first-order valence-corrected chi connectivity index (χ1v) is 9.21. The Morgan fingerprint density at radius 2 is 1.41 bits per heavy atom. The van der Waals surface area contributed by atoms with Crippen LogP contribution in [0, 0.1) is 0 Å². The Morgan fingerprint density at radius 1 is 0.862 bits per heavy atom. The summed E-state index contributed by atoms with van der Waals surface area (Å²) in [6.45, 7) is 12.4. The van der Waals surface area contributed by atoms with Gasteiger partial charge in [0.1, 0.15) is 5.52 Å². The summed E-state index contributed by atoms with van der Waals surface area (Å²) >= 11 is 0. The third kappa shape index (κ3) is 3.91. The van der Waals surface area contributed by atoms with Crippen LogP contribution in [0.4, 0.5) is 11.6 Å². The first-order valence-electron chi connectivity index (χ1n) is 9.21. The lowest BCUT2D eigenvalue weighted by Gasteiger charge is -2.20. The fourth-order valence-electron chi connectivity index (χ4n) is 2.84. The zero-order chi connectivity index (χ0) is 21.6. The lowest BCUT2D eigenvalue weighted by Crippen LogP contribution is -2.22. The number of imidazole rings is 2. The van der Waals surface area contributed by atoms with Crippen LogP contribution in [0.2, 0.25) is 0 Å². The van der Waals surface area contributed by atoms with Crippen LogP contribution in [0.5, 0.6) is 0 Å². The first kappa shape index (κ1) is 20.3. The molecule has 10 nitrogen and oxygen atoms in total. The molecule has 0 aromatic carbocycles. The molecule has 0 amide bonds. The molecule has 4 aromatic heterocycles. The number of fused-ring (bicyclic) bond motifs is 2. The second-order valence-electron chi connectivity index (χ2n) is 8.77. The van der Waals surface area contributed by atoms with Crippen molar-refractivity contribution in [2.75, 3.05) is 11.5 Å². The highest BCUT2D eigenvalue weighted by atomic mass is 16.1. The highest BCUT2D eigenvalue weighted by Gasteiger charge is 2.19. The Morgan fingerprint density at radius 3 is 2.00 bits per heavy atom. The summed E-state index contributed by atoms with van der Waals surface area (Å²) in [6, 6.07) is 1.77. The molecule has 0 saturated carbocycles. The van der Waals surface area contributed by atoms with Crippen LogP contribution in [-0.4, -0.2) is 34.1 Å². The fraction of sp³-hybridized carbons (Fsp3) is 0.421. The van der Waals surface area contributed by atoms with Gasteiger partial charge in [0.25, 0.3) is 5.56 Å². The van der Waals surface area contributed by atoms with Gasteiger partial charge in [0.15, 0.2) is 16.8 Å². The maximum atomic E-state index is 11.5. The average Bonchev–Trinajstić information content (AvgIpc) is 3.19. The van der Waals surface area contributed by atoms with Crippen molar-refractivity contribution in [1.82, 2.24) is 34.1 Å². The van der Waals surface area contributed by atoms with E-state index in [2.05, 4.69) is 45.7 Å². The predicted octanol–water partition coefficient (Wildman–Crippen LogP) is 2.23. The molecule has 154 valence electrons. The second-order valence-corrected chi connectivity index (χ2v) is 8.77. The molecule has 0 radical (unpaired) electrons. The summed E-state index contributed by atoms with van der Waals surface area (Å²) in [6.07, 6.45) is 5.10. The molecule has 0 aliphatic carbocycles. The summed E-state index contributed by atoms with van der Waals surface area (Å²) in [5.74, 6) is 0.110. The van der Waals surface area contributed by atoms with Crippen LogP contribution in [0.25, 0.3) is 22.3 Å². The second kappa shape index (κ2) is 6.87. The number of hydrogen-bond acceptors (Lipinski definition) is 7. The van der Waals surface area contributed by atoms with E-state index in [4.69, 9.17) is 11.5 Å². The Bertz CT molecular complexity index is 1220. The van der Waals surface area contributed by atoms with Crippen LogP contribution < -0.4 is 17.0 Å². The van der Waals surface area contributed by atoms with Gasteiger partial charge in [-0.25, -0.2) is 15.0 Å². The van der Waals surface area contributed by atoms with E-state index in [1.807, 2.05) is 29.9 Å². The van der Waals surface area contributed by atoms with Gasteiger partial charge >= 0.3 is 0 Å². The number of nitrogen functional groups attached to an aromatic ring is 2. The van der Waals surface area contributed by atoms with Gasteiger partial charge in [-0.2, -0.15) is 4.98 Å². The van der Waals surface area contributed by atoms with Crippen molar-refractivity contribution < 1.29 is 0 Å². The zero-order valence-electron chi connectivity index (χ0n) is 17.6. The third-order valence-electron chi connectivity index (χ3n) is 4.34. The van der Waals surface area contributed by atoms with Crippen molar-refractivity contribution >= 4 is 34.0 Å². The predicted molar refractivity (Wildman–Crippen MR) is 114 cm³/mol. The van der Waals surface area contributed by atoms with Crippen LogP contribution in [0.15, 0.2) is 29.7 Å². The van der Waals surface area contributed by atoms with E-state index in [-0.39, 0.29) is 22.6 Å². The highest BCUT2D eigenvalue weighted by Crippen LogP contribution is 2.23. The molecular formula is C19H27N9O. The van der Waals surface area contributed by atoms with E-state index in [1.165, 1.54) is 0 Å². The van der Waals surface area contributed by atoms with Gasteiger partial charge in [-0.15, -0.1) is 0 Å². The average molecular weight is 397 g/mol. The Labute approximate surface area is 168 Å². The maximum absolute atomic E-state index is 11.5. The van der Waals surface area contributed by atoms with Gasteiger partial charge in [-0.3, -0.25) is 9.78 Å². The third-order valence-corrected chi connectivity index (χ3v) is 4.34. The van der Waals surface area contributed by atoms with Gasteiger partial charge in [0, 0.05) is 17.3 Å². The van der Waals surface area contributed by atoms with E-state index in [0.717, 1.165) is 11.2 Å². The Balaban J connectivity index is 0.000000166. The SMILES string of the molecule is CC(C)(C)n1cnc2c(=O)[nH]c(N)nc21.CC(C)(C)n1cnc2c(N)ccnc21. The van der Waals surface area contributed by atoms with Crippen LogP contribution in [0.3, 0.4) is 0 Å². The number of H-pyrrole nitrogens is 1. The van der Waals surface area contributed by atoms with Crippen molar-refractivity contribution in [1.29, 1.82) is 0 Å². The Hall–Kier alpha value is -3.43. The molecule has 10 heteroatoms. The molecule has 0 aliphatic rings. The molecule has 4 aromatic rings. The molecule has 5 N–H and O–H groups in total. The summed E-state index contributed by atoms with van der Waals surface area (Å²) in [4.78, 5) is 30.6. The number of nitrogens with one attached hydrogen (secondary N) is 1. The Kier molecular flexibility index (Phi) is 4.81. The summed E-state index contributed by atoms with van der Waals surface area (Å²) in [5.41, 5.74) is 13.9. The number of aromatic nitrogens is 7. The smallest absolute Gasteiger partial charge is 0.280 e. The molecule has 29 heavy (non-hydrogen) atoms. The van der Waals surface area contributed by atoms with Crippen molar-refractivity contribution in [2.24, 2.45) is 0 Å². The number of rotatable bonds is 0. The largest absolute Gasteiger partial charge is 0.397 e. The number of nitrogens with two attached hydrogens (primary N) is 2. The van der Waals surface area contributed by atoms with E-state index in [9.17, 15) is 4.79 Å². The van der Waals surface area contributed by atoms with Crippen molar-refractivity contribution in [2.45, 2.75) is 52.6 Å².